The fourth-order valence-corrected chi connectivity index (χ4v) is 2.95. The lowest BCUT2D eigenvalue weighted by Crippen LogP contribution is -2.13. The van der Waals surface area contributed by atoms with Crippen molar-refractivity contribution in [3.8, 4) is 6.07 Å². The van der Waals surface area contributed by atoms with Gasteiger partial charge in [0.25, 0.3) is 0 Å². The first-order valence-electron chi connectivity index (χ1n) is 7.68. The summed E-state index contributed by atoms with van der Waals surface area (Å²) in [7, 11) is 0. The molecule has 2 aromatic rings. The molecule has 0 aliphatic carbocycles. The minimum atomic E-state index is -0.578. The maximum Gasteiger partial charge on any atom is 0.340 e. The van der Waals surface area contributed by atoms with E-state index < -0.39 is 11.8 Å². The zero-order valence-electron chi connectivity index (χ0n) is 14.1. The number of esters is 1. The molecule has 6 heteroatoms. The van der Waals surface area contributed by atoms with Crippen LogP contribution in [0.15, 0.2) is 34.3 Å². The van der Waals surface area contributed by atoms with Crippen molar-refractivity contribution in [3.63, 3.8) is 0 Å². The lowest BCUT2D eigenvalue weighted by Gasteiger charge is -2.06. The molecule has 0 amide bonds. The van der Waals surface area contributed by atoms with Crippen LogP contribution in [0.25, 0.3) is 6.08 Å². The van der Waals surface area contributed by atoms with Crippen LogP contribution in [-0.2, 0) is 4.74 Å². The maximum atomic E-state index is 12.9. The molecule has 1 heterocycles. The highest BCUT2D eigenvalue weighted by molar-refractivity contribution is 9.10. The fraction of sp³-hybridized carbons (Fsp3) is 0.211. The lowest BCUT2D eigenvalue weighted by atomic mass is 9.98. The largest absolute Gasteiger partial charge is 0.462 e. The summed E-state index contributed by atoms with van der Waals surface area (Å²) >= 11 is 3.39. The average Bonchev–Trinajstić information content (AvgIpc) is 2.88. The Labute approximate surface area is 154 Å². The Bertz CT molecular complexity index is 904. The number of allylic oxidation sites excluding steroid dienone is 1. The number of ether oxygens (including phenoxy) is 1. The van der Waals surface area contributed by atoms with Crippen LogP contribution in [0.5, 0.6) is 0 Å². The van der Waals surface area contributed by atoms with E-state index in [4.69, 9.17) is 4.74 Å². The lowest BCUT2D eigenvalue weighted by molar-refractivity contribution is 0.0523. The monoisotopic (exact) mass is 400 g/mol. The summed E-state index contributed by atoms with van der Waals surface area (Å²) < 4.78 is 5.81. The van der Waals surface area contributed by atoms with Gasteiger partial charge in [-0.2, -0.15) is 5.26 Å². The average molecular weight is 401 g/mol. The van der Waals surface area contributed by atoms with E-state index >= 15 is 0 Å². The van der Waals surface area contributed by atoms with Gasteiger partial charge >= 0.3 is 5.97 Å². The molecule has 0 aliphatic heterocycles. The molecule has 0 unspecified atom stereocenters. The molecule has 1 aromatic heterocycles. The third kappa shape index (κ3) is 3.89. The van der Waals surface area contributed by atoms with Gasteiger partial charge in [-0.05, 0) is 38.5 Å². The molecule has 0 fully saturated rings. The number of aromatic nitrogens is 1. The first-order valence-corrected chi connectivity index (χ1v) is 8.47. The fourth-order valence-electron chi connectivity index (χ4n) is 2.55. The van der Waals surface area contributed by atoms with Crippen molar-refractivity contribution in [1.29, 1.82) is 5.26 Å². The van der Waals surface area contributed by atoms with Crippen molar-refractivity contribution < 1.29 is 14.3 Å². The zero-order chi connectivity index (χ0) is 18.6. The third-order valence-corrected chi connectivity index (χ3v) is 4.37. The first-order chi connectivity index (χ1) is 11.9. The molecule has 1 aromatic carbocycles. The Hall–Kier alpha value is -2.65. The number of carbonyl (C=O) groups excluding carboxylic acids is 2. The van der Waals surface area contributed by atoms with Crippen LogP contribution in [0, 0.1) is 25.2 Å². The number of carbonyl (C=O) groups is 2. The highest BCUT2D eigenvalue weighted by atomic mass is 79.9. The number of hydrogen-bond acceptors (Lipinski definition) is 4. The van der Waals surface area contributed by atoms with E-state index in [2.05, 4.69) is 20.9 Å². The van der Waals surface area contributed by atoms with Crippen molar-refractivity contribution in [2.24, 2.45) is 0 Å². The quantitative estimate of drug-likeness (QED) is 0.349. The Balaban J connectivity index is 2.55. The van der Waals surface area contributed by atoms with Gasteiger partial charge in [-0.3, -0.25) is 4.79 Å². The summed E-state index contributed by atoms with van der Waals surface area (Å²) in [5.74, 6) is -1.09. The molecule has 128 valence electrons. The van der Waals surface area contributed by atoms with Gasteiger partial charge in [0.05, 0.1) is 17.7 Å². The maximum absolute atomic E-state index is 12.9. The van der Waals surface area contributed by atoms with E-state index in [1.807, 2.05) is 24.3 Å². The van der Waals surface area contributed by atoms with Crippen LogP contribution < -0.4 is 0 Å². The van der Waals surface area contributed by atoms with E-state index in [9.17, 15) is 14.9 Å². The summed E-state index contributed by atoms with van der Waals surface area (Å²) in [6.45, 7) is 5.28. The first kappa shape index (κ1) is 18.7. The van der Waals surface area contributed by atoms with Gasteiger partial charge in [0, 0.05) is 15.9 Å². The second kappa shape index (κ2) is 7.95. The minimum absolute atomic E-state index is 0.0560. The number of nitriles is 1. The Morgan fingerprint density at radius 3 is 2.48 bits per heavy atom. The number of aromatic amines is 1. The van der Waals surface area contributed by atoms with Crippen molar-refractivity contribution in [2.45, 2.75) is 20.8 Å². The number of H-pyrrole nitrogens is 1. The van der Waals surface area contributed by atoms with Crippen LogP contribution in [0.4, 0.5) is 0 Å². The van der Waals surface area contributed by atoms with Crippen LogP contribution >= 0.6 is 15.9 Å². The van der Waals surface area contributed by atoms with E-state index in [0.29, 0.717) is 17.0 Å². The molecule has 0 aliphatic rings. The van der Waals surface area contributed by atoms with Crippen LogP contribution in [-0.4, -0.2) is 23.3 Å². The topological polar surface area (TPSA) is 83.0 Å². The summed E-state index contributed by atoms with van der Waals surface area (Å²) in [5.41, 5.74) is 2.07. The summed E-state index contributed by atoms with van der Waals surface area (Å²) in [6.07, 6.45) is 1.50. The summed E-state index contributed by atoms with van der Waals surface area (Å²) in [5, 5.41) is 9.46. The molecule has 0 bridgehead atoms. The molecule has 1 N–H and O–H groups in total. The van der Waals surface area contributed by atoms with Gasteiger partial charge in [0.1, 0.15) is 11.6 Å². The number of nitrogens with one attached hydrogen (secondary N) is 1. The molecule has 5 nitrogen and oxygen atoms in total. The number of rotatable bonds is 5. The van der Waals surface area contributed by atoms with Gasteiger partial charge in [0.2, 0.25) is 5.78 Å². The zero-order valence-corrected chi connectivity index (χ0v) is 15.7. The second-order valence-electron chi connectivity index (χ2n) is 5.37. The number of aryl methyl sites for hydroxylation is 2. The SMILES string of the molecule is CCOC(=O)c1c(C)[nH]c(C)c1C(=O)/C(C#N)=C/c1ccccc1Br. The molecule has 0 atom stereocenters. The number of halogens is 1. The number of nitrogens with zero attached hydrogens (tertiary/aromatic N) is 1. The van der Waals surface area contributed by atoms with Gasteiger partial charge in [-0.25, -0.2) is 4.79 Å². The number of ketones is 1. The van der Waals surface area contributed by atoms with E-state index in [-0.39, 0.29) is 23.3 Å². The molecular weight excluding hydrogens is 384 g/mol. The van der Waals surface area contributed by atoms with Crippen molar-refractivity contribution in [1.82, 2.24) is 4.98 Å². The number of hydrogen-bond donors (Lipinski definition) is 1. The highest BCUT2D eigenvalue weighted by Gasteiger charge is 2.27. The molecule has 0 radical (unpaired) electrons. The van der Waals surface area contributed by atoms with E-state index in [0.717, 1.165) is 4.47 Å². The summed E-state index contributed by atoms with van der Waals surface area (Å²) in [6, 6.07) is 9.20. The smallest absolute Gasteiger partial charge is 0.340 e. The molecule has 0 saturated carbocycles. The van der Waals surface area contributed by atoms with Gasteiger partial charge in [0.15, 0.2) is 0 Å². The van der Waals surface area contributed by atoms with Gasteiger partial charge in [-0.15, -0.1) is 0 Å². The van der Waals surface area contributed by atoms with E-state index in [1.165, 1.54) is 6.08 Å². The van der Waals surface area contributed by atoms with Crippen molar-refractivity contribution >= 4 is 33.8 Å². The van der Waals surface area contributed by atoms with E-state index in [1.54, 1.807) is 26.8 Å². The minimum Gasteiger partial charge on any atom is -0.462 e. The van der Waals surface area contributed by atoms with Gasteiger partial charge in [-0.1, -0.05) is 34.1 Å². The third-order valence-electron chi connectivity index (χ3n) is 3.65. The predicted molar refractivity (Wildman–Crippen MR) is 98.3 cm³/mol. The second-order valence-corrected chi connectivity index (χ2v) is 6.22. The Morgan fingerprint density at radius 1 is 1.24 bits per heavy atom. The standard InChI is InChI=1S/C19H17BrN2O3/c1-4-25-19(24)17-12(3)22-11(2)16(17)18(23)14(10-21)9-13-7-5-6-8-15(13)20/h5-9,22H,4H2,1-3H3/b14-9+. The van der Waals surface area contributed by atoms with Crippen LogP contribution in [0.1, 0.15) is 44.6 Å². The molecular formula is C19H17BrN2O3. The van der Waals surface area contributed by atoms with Crippen molar-refractivity contribution in [3.05, 3.63) is 62.4 Å². The molecule has 0 saturated heterocycles. The van der Waals surface area contributed by atoms with Gasteiger partial charge < -0.3 is 9.72 Å². The predicted octanol–water partition coefficient (Wildman–Crippen LogP) is 4.36. The Kier molecular flexibility index (Phi) is 5.94. The Morgan fingerprint density at radius 2 is 1.88 bits per heavy atom. The van der Waals surface area contributed by atoms with Crippen molar-refractivity contribution in [2.75, 3.05) is 6.61 Å². The molecule has 2 rings (SSSR count). The van der Waals surface area contributed by atoms with Crippen LogP contribution in [0.2, 0.25) is 0 Å². The number of benzene rings is 1. The normalized spacial score (nSPS) is 11.1. The summed E-state index contributed by atoms with van der Waals surface area (Å²) in [4.78, 5) is 28.1. The molecule has 0 spiro atoms. The van der Waals surface area contributed by atoms with Crippen LogP contribution in [0.3, 0.4) is 0 Å². The highest BCUT2D eigenvalue weighted by Crippen LogP contribution is 2.25. The number of Topliss-reactive ketones (excluding diaryl/α,β-unsaturated/α-hetero) is 1. The molecule has 25 heavy (non-hydrogen) atoms.